The van der Waals surface area contributed by atoms with Crippen molar-refractivity contribution in [1.82, 2.24) is 4.72 Å². The largest absolute Gasteiger partial charge is 0.275 e. The van der Waals surface area contributed by atoms with Gasteiger partial charge in [0.25, 0.3) is 0 Å². The molecule has 1 amide bonds. The molecule has 2 saturated carbocycles. The molecule has 4 heteroatoms. The van der Waals surface area contributed by atoms with E-state index in [0.29, 0.717) is 5.92 Å². The third-order valence-electron chi connectivity index (χ3n) is 2.51. The Balaban J connectivity index is 0.000000531. The lowest BCUT2D eigenvalue weighted by Gasteiger charge is -2.01. The normalized spacial score (nSPS) is 29.5. The van der Waals surface area contributed by atoms with Crippen LogP contribution in [0.15, 0.2) is 12.7 Å². The summed E-state index contributed by atoms with van der Waals surface area (Å²) in [7, 11) is -1.12. The van der Waals surface area contributed by atoms with Gasteiger partial charge in [-0.1, -0.05) is 19.9 Å². The smallest absolute Gasteiger partial charge is 0.235 e. The van der Waals surface area contributed by atoms with Crippen molar-refractivity contribution in [2.45, 2.75) is 38.4 Å². The number of allylic oxidation sites excluding steroid dienone is 1. The van der Waals surface area contributed by atoms with Crippen LogP contribution in [0.25, 0.3) is 0 Å². The van der Waals surface area contributed by atoms with Crippen LogP contribution in [0.2, 0.25) is 0 Å². The first-order valence-electron chi connectivity index (χ1n) is 5.56. The summed E-state index contributed by atoms with van der Waals surface area (Å²) >= 11 is 0. The molecule has 3 nitrogen and oxygen atoms in total. The Morgan fingerprint density at radius 2 is 2.07 bits per heavy atom. The Morgan fingerprint density at radius 1 is 1.47 bits per heavy atom. The van der Waals surface area contributed by atoms with Crippen LogP contribution in [-0.4, -0.2) is 15.4 Å². The van der Waals surface area contributed by atoms with E-state index in [9.17, 15) is 9.00 Å². The molecule has 1 N–H and O–H groups in total. The molecule has 2 fully saturated rings. The molecule has 86 valence electrons. The summed E-state index contributed by atoms with van der Waals surface area (Å²) in [6.07, 6.45) is 4.65. The first-order valence-corrected chi connectivity index (χ1v) is 6.77. The second-order valence-corrected chi connectivity index (χ2v) is 5.17. The number of hydrogen-bond donors (Lipinski definition) is 1. The van der Waals surface area contributed by atoms with Crippen LogP contribution in [0.1, 0.15) is 33.1 Å². The van der Waals surface area contributed by atoms with Gasteiger partial charge in [0.05, 0.1) is 5.25 Å². The van der Waals surface area contributed by atoms with Crippen LogP contribution in [0.3, 0.4) is 0 Å². The van der Waals surface area contributed by atoms with Gasteiger partial charge in [0.1, 0.15) is 11.0 Å². The number of amides is 1. The van der Waals surface area contributed by atoms with E-state index in [4.69, 9.17) is 0 Å². The predicted molar refractivity (Wildman–Crippen MR) is 62.4 cm³/mol. The lowest BCUT2D eigenvalue weighted by Crippen LogP contribution is -2.29. The lowest BCUT2D eigenvalue weighted by atomic mass is 10.3. The van der Waals surface area contributed by atoms with Gasteiger partial charge in [0.2, 0.25) is 5.91 Å². The van der Waals surface area contributed by atoms with Crippen LogP contribution in [0, 0.1) is 11.8 Å². The highest BCUT2D eigenvalue weighted by atomic mass is 32.2. The fourth-order valence-electron chi connectivity index (χ4n) is 1.32. The molecule has 0 aromatic heterocycles. The van der Waals surface area contributed by atoms with Crippen molar-refractivity contribution in [3.8, 4) is 0 Å². The van der Waals surface area contributed by atoms with Crippen molar-refractivity contribution in [3.05, 3.63) is 12.7 Å². The minimum absolute atomic E-state index is 0.0419. The zero-order valence-corrected chi connectivity index (χ0v) is 10.2. The van der Waals surface area contributed by atoms with Crippen molar-refractivity contribution < 1.29 is 9.00 Å². The molecular weight excluding hydrogens is 210 g/mol. The van der Waals surface area contributed by atoms with Crippen molar-refractivity contribution in [2.75, 3.05) is 0 Å². The average Bonchev–Trinajstić information content (AvgIpc) is 3.12. The Bertz CT molecular complexity index is 274. The van der Waals surface area contributed by atoms with E-state index in [0.717, 1.165) is 19.3 Å². The molecule has 0 aliphatic heterocycles. The SMILES string of the molecule is C=CC1C[C@@H]1C(=O)NS(=O)C1CC1.CC. The molecule has 2 aliphatic carbocycles. The fourth-order valence-corrected chi connectivity index (χ4v) is 2.40. The average molecular weight is 229 g/mol. The maximum Gasteiger partial charge on any atom is 0.235 e. The van der Waals surface area contributed by atoms with E-state index >= 15 is 0 Å². The van der Waals surface area contributed by atoms with Crippen LogP contribution in [0.4, 0.5) is 0 Å². The molecule has 2 unspecified atom stereocenters. The van der Waals surface area contributed by atoms with E-state index in [2.05, 4.69) is 11.3 Å². The highest BCUT2D eigenvalue weighted by Gasteiger charge is 2.42. The summed E-state index contributed by atoms with van der Waals surface area (Å²) in [6.45, 7) is 7.63. The van der Waals surface area contributed by atoms with Crippen LogP contribution < -0.4 is 4.72 Å². The summed E-state index contributed by atoms with van der Waals surface area (Å²) in [5.74, 6) is 0.298. The van der Waals surface area contributed by atoms with Crippen molar-refractivity contribution >= 4 is 16.9 Å². The van der Waals surface area contributed by atoms with E-state index < -0.39 is 11.0 Å². The van der Waals surface area contributed by atoms with Gasteiger partial charge in [-0.25, -0.2) is 4.21 Å². The van der Waals surface area contributed by atoms with Crippen molar-refractivity contribution in [2.24, 2.45) is 11.8 Å². The number of carbonyl (C=O) groups is 1. The standard InChI is InChI=1S/C9H13NO2S.C2H6/c1-2-6-5-8(6)9(11)10-13(12)7-3-4-7;1-2/h2,6-8H,1,3-5H2,(H,10,11);1-2H3/t6?,8-,13?;/m0./s1. The van der Waals surface area contributed by atoms with Gasteiger partial charge in [-0.05, 0) is 25.2 Å². The van der Waals surface area contributed by atoms with E-state index in [1.807, 2.05) is 13.8 Å². The highest BCUT2D eigenvalue weighted by molar-refractivity contribution is 7.84. The molecule has 0 saturated heterocycles. The van der Waals surface area contributed by atoms with Gasteiger partial charge in [0, 0.05) is 5.92 Å². The Hall–Kier alpha value is -0.640. The molecule has 0 spiro atoms. The minimum atomic E-state index is -1.12. The van der Waals surface area contributed by atoms with Gasteiger partial charge in [-0.3, -0.25) is 9.52 Å². The van der Waals surface area contributed by atoms with Gasteiger partial charge in [-0.15, -0.1) is 6.58 Å². The van der Waals surface area contributed by atoms with E-state index in [-0.39, 0.29) is 17.1 Å². The summed E-state index contributed by atoms with van der Waals surface area (Å²) in [4.78, 5) is 11.4. The Kier molecular flexibility index (Phi) is 4.51. The van der Waals surface area contributed by atoms with Crippen LogP contribution >= 0.6 is 0 Å². The predicted octanol–water partition coefficient (Wildman–Crippen LogP) is 1.78. The van der Waals surface area contributed by atoms with Crippen LogP contribution in [0.5, 0.6) is 0 Å². The molecule has 0 radical (unpaired) electrons. The molecule has 3 atom stereocenters. The Labute approximate surface area is 93.9 Å². The zero-order chi connectivity index (χ0) is 11.4. The second-order valence-electron chi connectivity index (χ2n) is 3.70. The Morgan fingerprint density at radius 3 is 2.47 bits per heavy atom. The van der Waals surface area contributed by atoms with Gasteiger partial charge in [-0.2, -0.15) is 0 Å². The van der Waals surface area contributed by atoms with Crippen molar-refractivity contribution in [3.63, 3.8) is 0 Å². The molecule has 2 rings (SSSR count). The number of carbonyl (C=O) groups excluding carboxylic acids is 1. The molecule has 2 aliphatic rings. The number of hydrogen-bond acceptors (Lipinski definition) is 2. The lowest BCUT2D eigenvalue weighted by molar-refractivity contribution is -0.120. The van der Waals surface area contributed by atoms with Gasteiger partial charge < -0.3 is 0 Å². The first kappa shape index (κ1) is 12.4. The molecule has 0 bridgehead atoms. The van der Waals surface area contributed by atoms with Gasteiger partial charge >= 0.3 is 0 Å². The third kappa shape index (κ3) is 3.45. The number of rotatable bonds is 4. The molecule has 15 heavy (non-hydrogen) atoms. The highest BCUT2D eigenvalue weighted by Crippen LogP contribution is 2.39. The summed E-state index contributed by atoms with van der Waals surface area (Å²) < 4.78 is 13.8. The summed E-state index contributed by atoms with van der Waals surface area (Å²) in [6, 6.07) is 0. The van der Waals surface area contributed by atoms with E-state index in [1.165, 1.54) is 0 Å². The quantitative estimate of drug-likeness (QED) is 0.747. The maximum absolute atomic E-state index is 11.4. The van der Waals surface area contributed by atoms with E-state index in [1.54, 1.807) is 6.08 Å². The molecule has 0 aromatic carbocycles. The maximum atomic E-state index is 11.4. The summed E-state index contributed by atoms with van der Waals surface area (Å²) in [5, 5.41) is 0.227. The minimum Gasteiger partial charge on any atom is -0.275 e. The van der Waals surface area contributed by atoms with Crippen LogP contribution in [-0.2, 0) is 15.8 Å². The molecular formula is C11H19NO2S. The summed E-state index contributed by atoms with van der Waals surface area (Å²) in [5.41, 5.74) is 0. The third-order valence-corrected chi connectivity index (χ3v) is 3.99. The van der Waals surface area contributed by atoms with Gasteiger partial charge in [0.15, 0.2) is 0 Å². The topological polar surface area (TPSA) is 46.2 Å². The first-order chi connectivity index (χ1) is 7.22. The zero-order valence-electron chi connectivity index (χ0n) is 9.36. The second kappa shape index (κ2) is 5.45. The molecule has 0 heterocycles. The monoisotopic (exact) mass is 229 g/mol. The number of nitrogens with one attached hydrogen (secondary N) is 1. The fraction of sp³-hybridized carbons (Fsp3) is 0.727. The van der Waals surface area contributed by atoms with Crippen molar-refractivity contribution in [1.29, 1.82) is 0 Å². The molecule has 0 aromatic rings.